The van der Waals surface area contributed by atoms with Crippen LogP contribution in [0.15, 0.2) is 55.1 Å². The molecular formula is C23H24BClFO4. The second-order valence-electron chi connectivity index (χ2n) is 7.44. The number of hydrogen-bond acceptors (Lipinski definition) is 3. The number of aliphatic hydroxyl groups excluding tert-OH is 1. The third-order valence-corrected chi connectivity index (χ3v) is 5.49. The van der Waals surface area contributed by atoms with Gasteiger partial charge in [-0.25, -0.2) is 4.39 Å². The number of allylic oxidation sites excluding steroid dienone is 1. The fourth-order valence-electron chi connectivity index (χ4n) is 3.64. The fraction of sp³-hybridized carbons (Fsp3) is 0.304. The van der Waals surface area contributed by atoms with Crippen LogP contribution in [0.3, 0.4) is 0 Å². The van der Waals surface area contributed by atoms with Crippen molar-refractivity contribution in [3.63, 3.8) is 0 Å². The molecule has 2 unspecified atom stereocenters. The molecule has 0 aliphatic carbocycles. The van der Waals surface area contributed by atoms with E-state index in [9.17, 15) is 24.2 Å². The van der Waals surface area contributed by atoms with Gasteiger partial charge in [-0.1, -0.05) is 48.3 Å². The van der Waals surface area contributed by atoms with Gasteiger partial charge in [0.25, 0.3) is 0 Å². The molecule has 0 spiro atoms. The minimum atomic E-state index is -1.34. The Bertz CT molecular complexity index is 887. The van der Waals surface area contributed by atoms with Gasteiger partial charge in [-0.05, 0) is 54.5 Å². The molecule has 0 amide bonds. The van der Waals surface area contributed by atoms with Gasteiger partial charge in [-0.15, -0.1) is 6.58 Å². The van der Waals surface area contributed by atoms with Gasteiger partial charge in [-0.2, -0.15) is 0 Å². The van der Waals surface area contributed by atoms with E-state index in [1.807, 2.05) is 12.1 Å². The maximum Gasteiger partial charge on any atom is 0.312 e. The molecule has 2 rings (SSSR count). The van der Waals surface area contributed by atoms with Gasteiger partial charge in [0.05, 0.1) is 18.2 Å². The molecule has 0 heterocycles. The van der Waals surface area contributed by atoms with Crippen LogP contribution in [-0.4, -0.2) is 36.3 Å². The molecule has 0 fully saturated rings. The van der Waals surface area contributed by atoms with Crippen LogP contribution in [0.4, 0.5) is 4.39 Å². The zero-order chi connectivity index (χ0) is 22.1. The summed E-state index contributed by atoms with van der Waals surface area (Å²) in [7, 11) is 1.46. The van der Waals surface area contributed by atoms with E-state index in [2.05, 4.69) is 6.58 Å². The van der Waals surface area contributed by atoms with E-state index in [0.717, 1.165) is 5.56 Å². The maximum absolute atomic E-state index is 14.1. The van der Waals surface area contributed by atoms with E-state index in [-0.39, 0.29) is 24.6 Å². The fourth-order valence-corrected chi connectivity index (χ4v) is 3.81. The Morgan fingerprint density at radius 1 is 1.27 bits per heavy atom. The van der Waals surface area contributed by atoms with Gasteiger partial charge < -0.3 is 15.0 Å². The van der Waals surface area contributed by atoms with Crippen LogP contribution >= 0.6 is 11.6 Å². The first kappa shape index (κ1) is 23.8. The lowest BCUT2D eigenvalue weighted by Crippen LogP contribution is -2.37. The normalized spacial score (nSPS) is 13.8. The van der Waals surface area contributed by atoms with Crippen LogP contribution in [0.5, 0.6) is 0 Å². The number of rotatable bonds is 12. The summed E-state index contributed by atoms with van der Waals surface area (Å²) in [6.45, 7) is 3.09. The summed E-state index contributed by atoms with van der Waals surface area (Å²) >= 11 is 5.97. The summed E-state index contributed by atoms with van der Waals surface area (Å²) in [6, 6.07) is 11.6. The first-order valence-corrected chi connectivity index (χ1v) is 9.99. The van der Waals surface area contributed by atoms with Gasteiger partial charge >= 0.3 is 5.97 Å². The minimum absolute atomic E-state index is 0.128. The summed E-state index contributed by atoms with van der Waals surface area (Å²) in [6.07, 6.45) is 3.39. The van der Waals surface area contributed by atoms with Crippen LogP contribution in [-0.2, 0) is 16.0 Å². The lowest BCUT2D eigenvalue weighted by Gasteiger charge is -2.30. The number of aliphatic carboxylic acids is 1. The molecule has 7 heteroatoms. The van der Waals surface area contributed by atoms with E-state index in [0.29, 0.717) is 35.1 Å². The predicted octanol–water partition coefficient (Wildman–Crippen LogP) is 4.65. The average Bonchev–Trinajstić information content (AvgIpc) is 2.73. The zero-order valence-electron chi connectivity index (χ0n) is 16.6. The molecule has 30 heavy (non-hydrogen) atoms. The Labute approximate surface area is 181 Å². The predicted molar refractivity (Wildman–Crippen MR) is 118 cm³/mol. The number of carboxylic acids is 1. The molecule has 0 aromatic heterocycles. The summed E-state index contributed by atoms with van der Waals surface area (Å²) in [5.74, 6) is -1.64. The molecule has 2 atom stereocenters. The number of hydrogen-bond donors (Lipinski definition) is 2. The standard InChI is InChI=1S/C23H24BClFO4/c1-2-9-23(14-27,22(29)30)12-17(13-24-15-28)10-16-3-5-18(6-4-16)20-11-19(25)7-8-21(20)26/h2-8,11,15,17,27H,1,9-10,12-14H2,(H,29,30). The smallest absolute Gasteiger partial charge is 0.312 e. The maximum atomic E-state index is 14.1. The van der Waals surface area contributed by atoms with Crippen LogP contribution in [0.25, 0.3) is 11.1 Å². The molecule has 1 radical (unpaired) electrons. The van der Waals surface area contributed by atoms with Gasteiger partial charge in [0.15, 0.2) is 7.28 Å². The van der Waals surface area contributed by atoms with Crippen molar-refractivity contribution < 1.29 is 24.2 Å². The largest absolute Gasteiger partial charge is 0.481 e. The minimum Gasteiger partial charge on any atom is -0.481 e. The van der Waals surface area contributed by atoms with E-state index >= 15 is 0 Å². The summed E-state index contributed by atoms with van der Waals surface area (Å²) in [5, 5.41) is 19.9. The van der Waals surface area contributed by atoms with E-state index in [4.69, 9.17) is 11.6 Å². The van der Waals surface area contributed by atoms with Crippen molar-refractivity contribution in [1.29, 1.82) is 0 Å². The molecular weight excluding hydrogens is 406 g/mol. The molecule has 0 aliphatic rings. The second kappa shape index (κ2) is 11.1. The van der Waals surface area contributed by atoms with Crippen molar-refractivity contribution in [2.24, 2.45) is 11.3 Å². The number of benzene rings is 2. The van der Waals surface area contributed by atoms with Crippen molar-refractivity contribution >= 4 is 31.0 Å². The van der Waals surface area contributed by atoms with Crippen molar-refractivity contribution in [2.75, 3.05) is 6.61 Å². The van der Waals surface area contributed by atoms with Crippen molar-refractivity contribution in [3.05, 3.63) is 71.5 Å². The molecule has 157 valence electrons. The molecule has 0 saturated heterocycles. The highest BCUT2D eigenvalue weighted by Gasteiger charge is 2.38. The lowest BCUT2D eigenvalue weighted by molar-refractivity contribution is -0.152. The number of aliphatic hydroxyl groups is 1. The third kappa shape index (κ3) is 6.03. The van der Waals surface area contributed by atoms with Gasteiger partial charge in [0, 0.05) is 10.6 Å². The van der Waals surface area contributed by atoms with Gasteiger partial charge in [-0.3, -0.25) is 4.79 Å². The topological polar surface area (TPSA) is 74.6 Å². The average molecular weight is 430 g/mol. The Balaban J connectivity index is 2.23. The Morgan fingerprint density at radius 2 is 1.97 bits per heavy atom. The molecule has 2 N–H and O–H groups in total. The first-order valence-electron chi connectivity index (χ1n) is 9.61. The SMILES string of the molecule is C=CCC(CO)(CC(C[B]C=O)Cc1ccc(-c2cc(Cl)ccc2F)cc1)C(=O)O. The molecule has 4 nitrogen and oxygen atoms in total. The molecule has 0 bridgehead atoms. The summed E-state index contributed by atoms with van der Waals surface area (Å²) < 4.78 is 14.1. The van der Waals surface area contributed by atoms with E-state index in [1.165, 1.54) is 25.5 Å². The number of carbonyl (C=O) groups excluding carboxylic acids is 1. The second-order valence-corrected chi connectivity index (χ2v) is 7.88. The van der Waals surface area contributed by atoms with Crippen molar-refractivity contribution in [1.82, 2.24) is 0 Å². The highest BCUT2D eigenvalue weighted by Crippen LogP contribution is 2.34. The van der Waals surface area contributed by atoms with Crippen LogP contribution < -0.4 is 0 Å². The number of carboxylic acid groups (broad SMARTS) is 1. The van der Waals surface area contributed by atoms with Gasteiger partial charge in [0.1, 0.15) is 5.82 Å². The Kier molecular flexibility index (Phi) is 8.81. The lowest BCUT2D eigenvalue weighted by atomic mass is 9.65. The zero-order valence-corrected chi connectivity index (χ0v) is 17.3. The van der Waals surface area contributed by atoms with E-state index in [1.54, 1.807) is 18.2 Å². The van der Waals surface area contributed by atoms with Crippen LogP contribution in [0.2, 0.25) is 11.3 Å². The monoisotopic (exact) mass is 429 g/mol. The number of halogens is 2. The number of carbonyl (C=O) groups is 2. The Morgan fingerprint density at radius 3 is 2.53 bits per heavy atom. The van der Waals surface area contributed by atoms with E-state index < -0.39 is 18.0 Å². The highest BCUT2D eigenvalue weighted by atomic mass is 35.5. The third-order valence-electron chi connectivity index (χ3n) is 5.25. The Hall–Kier alpha value is -2.44. The molecule has 0 aliphatic heterocycles. The van der Waals surface area contributed by atoms with Gasteiger partial charge in [0.2, 0.25) is 0 Å². The first-order chi connectivity index (χ1) is 14.3. The quantitative estimate of drug-likeness (QED) is 0.293. The highest BCUT2D eigenvalue weighted by molar-refractivity contribution is 6.66. The van der Waals surface area contributed by atoms with Crippen LogP contribution in [0.1, 0.15) is 18.4 Å². The van der Waals surface area contributed by atoms with Crippen molar-refractivity contribution in [2.45, 2.75) is 25.6 Å². The summed E-state index contributed by atoms with van der Waals surface area (Å²) in [4.78, 5) is 22.7. The summed E-state index contributed by atoms with van der Waals surface area (Å²) in [5.41, 5.74) is 0.654. The molecule has 2 aromatic rings. The molecule has 2 aromatic carbocycles. The van der Waals surface area contributed by atoms with Crippen LogP contribution in [0, 0.1) is 17.2 Å². The molecule has 0 saturated carbocycles. The van der Waals surface area contributed by atoms with Crippen molar-refractivity contribution in [3.8, 4) is 11.1 Å².